The van der Waals surface area contributed by atoms with E-state index in [-0.39, 0.29) is 10.8 Å². The van der Waals surface area contributed by atoms with Gasteiger partial charge in [0, 0.05) is 30.2 Å². The Balaban J connectivity index is 2.48. The number of nitrogens with zero attached hydrogens (tertiary/aromatic N) is 2. The van der Waals surface area contributed by atoms with Crippen LogP contribution in [0.25, 0.3) is 0 Å². The maximum Gasteiger partial charge on any atom is 0.258 e. The van der Waals surface area contributed by atoms with E-state index in [9.17, 15) is 13.2 Å². The smallest absolute Gasteiger partial charge is 0.258 e. The van der Waals surface area contributed by atoms with Crippen LogP contribution >= 0.6 is 27.5 Å². The van der Waals surface area contributed by atoms with Crippen LogP contribution in [-0.4, -0.2) is 38.8 Å². The molecule has 0 saturated carbocycles. The van der Waals surface area contributed by atoms with Crippen LogP contribution in [0.4, 0.5) is 5.69 Å². The minimum absolute atomic E-state index is 0.107. The van der Waals surface area contributed by atoms with Crippen LogP contribution in [0.3, 0.4) is 0 Å². The predicted molar refractivity (Wildman–Crippen MR) is 113 cm³/mol. The third-order valence-corrected chi connectivity index (χ3v) is 7.20. The first-order chi connectivity index (χ1) is 12.6. The number of halogens is 2. The van der Waals surface area contributed by atoms with Crippen molar-refractivity contribution in [1.82, 2.24) is 4.31 Å². The van der Waals surface area contributed by atoms with E-state index in [4.69, 9.17) is 11.6 Å². The van der Waals surface area contributed by atoms with Crippen LogP contribution in [-0.2, 0) is 10.0 Å². The van der Waals surface area contributed by atoms with Gasteiger partial charge in [0.2, 0.25) is 10.0 Å². The molecule has 0 aliphatic heterocycles. The molecule has 2 rings (SSSR count). The summed E-state index contributed by atoms with van der Waals surface area (Å²) >= 11 is 9.59. The Hall–Kier alpha value is -1.41. The standard InChI is InChI=1S/C19H22BrClN2O3S/c1-5-23(6-2)27(25,26)15-9-7-13(3)16(12-15)19(24)22(4)18-10-8-14(20)11-17(18)21/h7-12H,5-6H2,1-4H3. The zero-order chi connectivity index (χ0) is 20.4. The Morgan fingerprint density at radius 1 is 1.11 bits per heavy atom. The molecule has 0 atom stereocenters. The van der Waals surface area contributed by atoms with Gasteiger partial charge < -0.3 is 4.90 Å². The summed E-state index contributed by atoms with van der Waals surface area (Å²) in [6.45, 7) is 6.07. The highest BCUT2D eigenvalue weighted by molar-refractivity contribution is 9.10. The van der Waals surface area contributed by atoms with E-state index in [1.165, 1.54) is 21.3 Å². The Kier molecular flexibility index (Phi) is 7.08. The molecule has 0 aliphatic carbocycles. The number of rotatable bonds is 6. The van der Waals surface area contributed by atoms with Gasteiger partial charge in [0.05, 0.1) is 15.6 Å². The highest BCUT2D eigenvalue weighted by Crippen LogP contribution is 2.30. The molecule has 0 saturated heterocycles. The van der Waals surface area contributed by atoms with Crippen molar-refractivity contribution in [3.8, 4) is 0 Å². The van der Waals surface area contributed by atoms with Crippen molar-refractivity contribution in [1.29, 1.82) is 0 Å². The molecule has 0 bridgehead atoms. The second kappa shape index (κ2) is 8.73. The molecule has 146 valence electrons. The van der Waals surface area contributed by atoms with Crippen molar-refractivity contribution in [2.75, 3.05) is 25.0 Å². The molecule has 0 N–H and O–H groups in total. The van der Waals surface area contributed by atoms with Crippen molar-refractivity contribution < 1.29 is 13.2 Å². The molecule has 0 heterocycles. The van der Waals surface area contributed by atoms with Gasteiger partial charge in [-0.15, -0.1) is 0 Å². The molecule has 2 aromatic carbocycles. The summed E-state index contributed by atoms with van der Waals surface area (Å²) in [6.07, 6.45) is 0. The van der Waals surface area contributed by atoms with Crippen LogP contribution in [0.5, 0.6) is 0 Å². The Labute approximate surface area is 174 Å². The van der Waals surface area contributed by atoms with Crippen molar-refractivity contribution in [3.05, 3.63) is 57.0 Å². The lowest BCUT2D eigenvalue weighted by atomic mass is 10.1. The predicted octanol–water partition coefficient (Wildman–Crippen LogP) is 4.72. The Morgan fingerprint density at radius 3 is 2.30 bits per heavy atom. The minimum Gasteiger partial charge on any atom is -0.310 e. The average molecular weight is 474 g/mol. The van der Waals surface area contributed by atoms with E-state index in [2.05, 4.69) is 15.9 Å². The molecule has 0 unspecified atom stereocenters. The van der Waals surface area contributed by atoms with Crippen LogP contribution in [0, 0.1) is 6.92 Å². The monoisotopic (exact) mass is 472 g/mol. The molecule has 1 amide bonds. The zero-order valence-electron chi connectivity index (χ0n) is 15.7. The van der Waals surface area contributed by atoms with E-state index < -0.39 is 10.0 Å². The summed E-state index contributed by atoms with van der Waals surface area (Å²) in [5.41, 5.74) is 1.56. The first-order valence-corrected chi connectivity index (χ1v) is 11.1. The molecule has 0 fully saturated rings. The third kappa shape index (κ3) is 4.54. The molecule has 0 aliphatic rings. The number of amides is 1. The van der Waals surface area contributed by atoms with Crippen LogP contribution < -0.4 is 4.90 Å². The molecule has 2 aromatic rings. The molecule has 0 spiro atoms. The number of aryl methyl sites for hydroxylation is 1. The second-order valence-electron chi connectivity index (χ2n) is 6.03. The highest BCUT2D eigenvalue weighted by atomic mass is 79.9. The maximum absolute atomic E-state index is 13.0. The summed E-state index contributed by atoms with van der Waals surface area (Å²) < 4.78 is 27.7. The van der Waals surface area contributed by atoms with Gasteiger partial charge in [-0.2, -0.15) is 4.31 Å². The summed E-state index contributed by atoms with van der Waals surface area (Å²) in [7, 11) is -2.03. The lowest BCUT2D eigenvalue weighted by molar-refractivity contribution is 0.0992. The number of carbonyl (C=O) groups is 1. The maximum atomic E-state index is 13.0. The third-order valence-electron chi connectivity index (χ3n) is 4.36. The van der Waals surface area contributed by atoms with Gasteiger partial charge >= 0.3 is 0 Å². The normalized spacial score (nSPS) is 11.7. The van der Waals surface area contributed by atoms with Crippen molar-refractivity contribution in [2.24, 2.45) is 0 Å². The molecule has 0 aromatic heterocycles. The summed E-state index contributed by atoms with van der Waals surface area (Å²) in [5.74, 6) is -0.326. The molecular weight excluding hydrogens is 452 g/mol. The summed E-state index contributed by atoms with van der Waals surface area (Å²) in [6, 6.07) is 9.85. The number of benzene rings is 2. The topological polar surface area (TPSA) is 57.7 Å². The van der Waals surface area contributed by atoms with E-state index in [0.29, 0.717) is 34.9 Å². The van der Waals surface area contributed by atoms with Gasteiger partial charge in [-0.25, -0.2) is 8.42 Å². The van der Waals surface area contributed by atoms with Gasteiger partial charge in [0.25, 0.3) is 5.91 Å². The molecule has 0 radical (unpaired) electrons. The SMILES string of the molecule is CCN(CC)S(=O)(=O)c1ccc(C)c(C(=O)N(C)c2ccc(Br)cc2Cl)c1. The largest absolute Gasteiger partial charge is 0.310 e. The summed E-state index contributed by atoms with van der Waals surface area (Å²) in [5, 5.41) is 0.421. The number of hydrogen-bond acceptors (Lipinski definition) is 3. The minimum atomic E-state index is -3.65. The van der Waals surface area contributed by atoms with Gasteiger partial charge in [-0.05, 0) is 42.8 Å². The quantitative estimate of drug-likeness (QED) is 0.610. The first kappa shape index (κ1) is 21.9. The Morgan fingerprint density at radius 2 is 1.74 bits per heavy atom. The fourth-order valence-electron chi connectivity index (χ4n) is 2.75. The lowest BCUT2D eigenvalue weighted by Gasteiger charge is -2.22. The van der Waals surface area contributed by atoms with Crippen molar-refractivity contribution in [2.45, 2.75) is 25.7 Å². The van der Waals surface area contributed by atoms with Crippen molar-refractivity contribution >= 4 is 49.1 Å². The van der Waals surface area contributed by atoms with Gasteiger partial charge in [-0.1, -0.05) is 47.4 Å². The number of hydrogen-bond donors (Lipinski definition) is 0. The van der Waals surface area contributed by atoms with E-state index >= 15 is 0 Å². The van der Waals surface area contributed by atoms with E-state index in [1.807, 2.05) is 0 Å². The number of sulfonamides is 1. The fourth-order valence-corrected chi connectivity index (χ4v) is 5.03. The van der Waals surface area contributed by atoms with Crippen LogP contribution in [0.1, 0.15) is 29.8 Å². The molecule has 5 nitrogen and oxygen atoms in total. The average Bonchev–Trinajstić information content (AvgIpc) is 2.61. The van der Waals surface area contributed by atoms with Crippen LogP contribution in [0.15, 0.2) is 45.8 Å². The fraction of sp³-hybridized carbons (Fsp3) is 0.316. The summed E-state index contributed by atoms with van der Waals surface area (Å²) in [4.78, 5) is 14.6. The van der Waals surface area contributed by atoms with Crippen molar-refractivity contribution in [3.63, 3.8) is 0 Å². The van der Waals surface area contributed by atoms with Gasteiger partial charge in [0.15, 0.2) is 0 Å². The van der Waals surface area contributed by atoms with Crippen LogP contribution in [0.2, 0.25) is 5.02 Å². The number of anilines is 1. The highest BCUT2D eigenvalue weighted by Gasteiger charge is 2.25. The molecular formula is C19H22BrClN2O3S. The zero-order valence-corrected chi connectivity index (χ0v) is 18.8. The molecule has 27 heavy (non-hydrogen) atoms. The van der Waals surface area contributed by atoms with E-state index in [0.717, 1.165) is 4.47 Å². The number of carbonyl (C=O) groups excluding carboxylic acids is 1. The second-order valence-corrected chi connectivity index (χ2v) is 9.29. The Bertz CT molecular complexity index is 959. The van der Waals surface area contributed by atoms with Gasteiger partial charge in [-0.3, -0.25) is 4.79 Å². The molecule has 8 heteroatoms. The first-order valence-electron chi connectivity index (χ1n) is 8.47. The lowest BCUT2D eigenvalue weighted by Crippen LogP contribution is -2.31. The van der Waals surface area contributed by atoms with E-state index in [1.54, 1.807) is 52.1 Å². The van der Waals surface area contributed by atoms with Gasteiger partial charge in [0.1, 0.15) is 0 Å².